The number of aliphatic carboxylic acids is 1. The second-order valence-corrected chi connectivity index (χ2v) is 7.52. The molecule has 0 radical (unpaired) electrons. The number of carboxylic acid groups (broad SMARTS) is 1. The number of hydrogen-bond acceptors (Lipinski definition) is 3. The standard InChI is InChI=1S/C16H13F15O3/c17-12(18,19)8(9(32)33)5-10(13(20,21)22,14(23,24)25)6-1-3-7(4-2-6)11(34,15(26,27)28)16(29,30)31/h5-7,34H,1-4H2,(H,32,33)/p-1. The van der Waals surface area contributed by atoms with E-state index >= 15 is 0 Å². The van der Waals surface area contributed by atoms with E-state index in [9.17, 15) is 80.9 Å². The van der Waals surface area contributed by atoms with Crippen LogP contribution in [0.4, 0.5) is 65.9 Å². The van der Waals surface area contributed by atoms with Gasteiger partial charge in [-0.25, -0.2) is 0 Å². The minimum absolute atomic E-state index is 1.72. The maximum Gasteiger partial charge on any atom is 0.426 e. The van der Waals surface area contributed by atoms with E-state index in [2.05, 4.69) is 0 Å². The lowest BCUT2D eigenvalue weighted by atomic mass is 9.62. The van der Waals surface area contributed by atoms with Crippen molar-refractivity contribution in [2.45, 2.75) is 62.2 Å². The van der Waals surface area contributed by atoms with Crippen LogP contribution in [-0.4, -0.2) is 47.6 Å². The number of rotatable bonds is 4. The van der Waals surface area contributed by atoms with Gasteiger partial charge in [0.15, 0.2) is 5.41 Å². The molecule has 1 saturated carbocycles. The zero-order valence-electron chi connectivity index (χ0n) is 16.0. The van der Waals surface area contributed by atoms with E-state index in [1.807, 2.05) is 0 Å². The summed E-state index contributed by atoms with van der Waals surface area (Å²) in [6, 6.07) is 0. The van der Waals surface area contributed by atoms with E-state index in [-0.39, 0.29) is 0 Å². The van der Waals surface area contributed by atoms with E-state index in [1.54, 1.807) is 0 Å². The number of halogens is 15. The highest BCUT2D eigenvalue weighted by atomic mass is 19.4. The molecule has 0 unspecified atom stereocenters. The van der Waals surface area contributed by atoms with Gasteiger partial charge in [-0.3, -0.25) is 0 Å². The lowest BCUT2D eigenvalue weighted by molar-refractivity contribution is -0.390. The molecule has 3 nitrogen and oxygen atoms in total. The first-order valence-corrected chi connectivity index (χ1v) is 8.75. The zero-order valence-corrected chi connectivity index (χ0v) is 16.0. The van der Waals surface area contributed by atoms with Crippen molar-refractivity contribution in [3.05, 3.63) is 11.6 Å². The van der Waals surface area contributed by atoms with Gasteiger partial charge in [-0.1, -0.05) is 0 Å². The summed E-state index contributed by atoms with van der Waals surface area (Å²) in [6.07, 6.45) is -41.6. The molecule has 0 bridgehead atoms. The van der Waals surface area contributed by atoms with Crippen LogP contribution in [0, 0.1) is 17.3 Å². The van der Waals surface area contributed by atoms with Gasteiger partial charge < -0.3 is 15.0 Å². The maximum atomic E-state index is 13.6. The summed E-state index contributed by atoms with van der Waals surface area (Å²) in [6.45, 7) is 0. The van der Waals surface area contributed by atoms with E-state index in [0.29, 0.717) is 0 Å². The van der Waals surface area contributed by atoms with Gasteiger partial charge >= 0.3 is 30.9 Å². The summed E-state index contributed by atoms with van der Waals surface area (Å²) in [5, 5.41) is 19.9. The van der Waals surface area contributed by atoms with Crippen LogP contribution in [0.1, 0.15) is 25.7 Å². The first kappa shape index (κ1) is 30.2. The zero-order chi connectivity index (χ0) is 27.3. The fourth-order valence-electron chi connectivity index (χ4n) is 3.98. The molecular formula is C16H12F15O3-. The molecule has 0 heterocycles. The van der Waals surface area contributed by atoms with Gasteiger partial charge in [0.25, 0.3) is 5.60 Å². The molecule has 1 fully saturated rings. The molecule has 0 spiro atoms. The van der Waals surface area contributed by atoms with Crippen molar-refractivity contribution in [2.75, 3.05) is 0 Å². The van der Waals surface area contributed by atoms with Crippen LogP contribution in [0.15, 0.2) is 11.6 Å². The Labute approximate surface area is 179 Å². The number of allylic oxidation sites excluding steroid dienone is 1. The van der Waals surface area contributed by atoms with Crippen LogP contribution in [0.2, 0.25) is 0 Å². The number of hydrogen-bond donors (Lipinski definition) is 1. The summed E-state index contributed by atoms with van der Waals surface area (Å²) in [4.78, 5) is 10.6. The number of carbonyl (C=O) groups is 1. The Hall–Kier alpha value is -1.88. The third-order valence-electron chi connectivity index (χ3n) is 5.66. The Balaban J connectivity index is 3.67. The largest absolute Gasteiger partial charge is 0.545 e. The minimum Gasteiger partial charge on any atom is -0.545 e. The highest BCUT2D eigenvalue weighted by Gasteiger charge is 2.76. The van der Waals surface area contributed by atoms with Crippen LogP contribution < -0.4 is 5.11 Å². The molecule has 0 aliphatic heterocycles. The normalized spacial score (nSPS) is 22.6. The summed E-state index contributed by atoms with van der Waals surface area (Å²) in [7, 11) is 0. The van der Waals surface area contributed by atoms with Gasteiger partial charge in [0, 0.05) is 5.92 Å². The van der Waals surface area contributed by atoms with Crippen molar-refractivity contribution in [1.29, 1.82) is 0 Å². The first-order chi connectivity index (χ1) is 14.7. The van der Waals surface area contributed by atoms with E-state index in [1.165, 1.54) is 0 Å². The molecule has 0 aromatic heterocycles. The molecule has 0 amide bonds. The predicted molar refractivity (Wildman–Crippen MR) is 76.2 cm³/mol. The third kappa shape index (κ3) is 5.05. The molecule has 200 valence electrons. The molecule has 0 saturated heterocycles. The lowest BCUT2D eigenvalue weighted by Gasteiger charge is -2.47. The molecule has 18 heteroatoms. The van der Waals surface area contributed by atoms with Gasteiger partial charge in [-0.15, -0.1) is 0 Å². The van der Waals surface area contributed by atoms with E-state index in [4.69, 9.17) is 0 Å². The Morgan fingerprint density at radius 2 is 0.971 bits per heavy atom. The molecule has 0 atom stereocenters. The average Bonchev–Trinajstić information content (AvgIpc) is 2.56. The van der Waals surface area contributed by atoms with E-state index in [0.717, 1.165) is 0 Å². The Morgan fingerprint density at radius 3 is 1.21 bits per heavy atom. The number of aliphatic hydroxyl groups is 1. The molecule has 1 N–H and O–H groups in total. The van der Waals surface area contributed by atoms with Crippen molar-refractivity contribution < 1.29 is 80.9 Å². The maximum absolute atomic E-state index is 13.6. The van der Waals surface area contributed by atoms with Crippen molar-refractivity contribution in [3.8, 4) is 0 Å². The Bertz CT molecular complexity index is 746. The fourth-order valence-corrected chi connectivity index (χ4v) is 3.98. The van der Waals surface area contributed by atoms with Crippen LogP contribution in [0.25, 0.3) is 0 Å². The molecule has 1 aliphatic carbocycles. The lowest BCUT2D eigenvalue weighted by Crippen LogP contribution is -2.63. The topological polar surface area (TPSA) is 60.4 Å². The van der Waals surface area contributed by atoms with Crippen molar-refractivity contribution >= 4 is 5.97 Å². The Morgan fingerprint density at radius 1 is 0.647 bits per heavy atom. The average molecular weight is 537 g/mol. The van der Waals surface area contributed by atoms with Gasteiger partial charge in [-0.2, -0.15) is 65.9 Å². The van der Waals surface area contributed by atoms with Crippen LogP contribution in [0.3, 0.4) is 0 Å². The SMILES string of the molecule is O=C([O-])C(=CC(C1CCC(C(O)(C(F)(F)F)C(F)(F)F)CC1)(C(F)(F)F)C(F)(F)F)C(F)(F)F. The molecule has 1 rings (SSSR count). The number of alkyl halides is 15. The van der Waals surface area contributed by atoms with Crippen LogP contribution >= 0.6 is 0 Å². The summed E-state index contributed by atoms with van der Waals surface area (Å²) in [5.74, 6) is -9.64. The Kier molecular flexibility index (Phi) is 7.67. The van der Waals surface area contributed by atoms with E-state index < -0.39 is 97.0 Å². The van der Waals surface area contributed by atoms with Crippen LogP contribution in [-0.2, 0) is 4.79 Å². The molecule has 34 heavy (non-hydrogen) atoms. The first-order valence-electron chi connectivity index (χ1n) is 8.75. The molecular weight excluding hydrogens is 525 g/mol. The van der Waals surface area contributed by atoms with Gasteiger partial charge in [0.2, 0.25) is 0 Å². The minimum atomic E-state index is -6.72. The summed E-state index contributed by atoms with van der Waals surface area (Å²) >= 11 is 0. The number of carboxylic acids is 1. The van der Waals surface area contributed by atoms with Crippen molar-refractivity contribution in [3.63, 3.8) is 0 Å². The van der Waals surface area contributed by atoms with Gasteiger partial charge in [0.1, 0.15) is 0 Å². The fraction of sp³-hybridized carbons (Fsp3) is 0.812. The van der Waals surface area contributed by atoms with Gasteiger partial charge in [-0.05, 0) is 37.7 Å². The smallest absolute Gasteiger partial charge is 0.426 e. The second kappa shape index (κ2) is 8.65. The third-order valence-corrected chi connectivity index (χ3v) is 5.66. The monoisotopic (exact) mass is 537 g/mol. The quantitative estimate of drug-likeness (QED) is 0.406. The molecule has 0 aromatic carbocycles. The summed E-state index contributed by atoms with van der Waals surface area (Å²) < 4.78 is 198. The molecule has 1 aliphatic rings. The van der Waals surface area contributed by atoms with Crippen molar-refractivity contribution in [1.82, 2.24) is 0 Å². The molecule has 0 aromatic rings. The van der Waals surface area contributed by atoms with Crippen LogP contribution in [0.5, 0.6) is 0 Å². The highest BCUT2D eigenvalue weighted by Crippen LogP contribution is 2.62. The highest BCUT2D eigenvalue weighted by molar-refractivity contribution is 5.86. The summed E-state index contributed by atoms with van der Waals surface area (Å²) in [5.41, 5.74) is -14.5. The van der Waals surface area contributed by atoms with Crippen molar-refractivity contribution in [2.24, 2.45) is 17.3 Å². The number of carbonyl (C=O) groups excluding carboxylic acids is 1. The predicted octanol–water partition coefficient (Wildman–Crippen LogP) is 5.00. The van der Waals surface area contributed by atoms with Gasteiger partial charge in [0.05, 0.1) is 11.5 Å². The second-order valence-electron chi connectivity index (χ2n) is 7.52.